The molecule has 0 aliphatic heterocycles. The average molecular weight is 240 g/mol. The summed E-state index contributed by atoms with van der Waals surface area (Å²) in [7, 11) is 2.10. The van der Waals surface area contributed by atoms with Crippen molar-refractivity contribution in [1.82, 2.24) is 0 Å². The summed E-state index contributed by atoms with van der Waals surface area (Å²) in [5.74, 6) is 0. The lowest BCUT2D eigenvalue weighted by atomic mass is 10.2. The Bertz CT molecular complexity index is 476. The van der Waals surface area contributed by atoms with Crippen LogP contribution in [0, 0.1) is 6.92 Å². The number of rotatable bonds is 4. The Morgan fingerprint density at radius 3 is 2.00 bits per heavy atom. The third-order valence-electron chi connectivity index (χ3n) is 3.12. The smallest absolute Gasteiger partial charge is 0.0574 e. The fraction of sp³-hybridized carbons (Fsp3) is 0.250. The van der Waals surface area contributed by atoms with Crippen molar-refractivity contribution in [3.63, 3.8) is 0 Å². The molecule has 0 aromatic heterocycles. The summed E-state index contributed by atoms with van der Waals surface area (Å²) in [5, 5.41) is 4.44. The highest BCUT2D eigenvalue weighted by atomic mass is 15.6. The molecule has 0 heterocycles. The maximum atomic E-state index is 2.26. The molecule has 2 aromatic carbocycles. The highest BCUT2D eigenvalue weighted by molar-refractivity contribution is 5.57. The minimum atomic E-state index is 0.939. The zero-order valence-electron chi connectivity index (χ0n) is 11.3. The first-order valence-corrected chi connectivity index (χ1v) is 6.35. The molecule has 94 valence electrons. The first kappa shape index (κ1) is 12.5. The molecule has 0 saturated carbocycles. The van der Waals surface area contributed by atoms with E-state index in [4.69, 9.17) is 0 Å². The largest absolute Gasteiger partial charge is 0.288 e. The minimum Gasteiger partial charge on any atom is -0.288 e. The molecule has 0 unspecified atom stereocenters. The quantitative estimate of drug-likeness (QED) is 0.748. The fourth-order valence-corrected chi connectivity index (χ4v) is 2.07. The molecule has 0 fully saturated rings. The van der Waals surface area contributed by atoms with Crippen LogP contribution in [-0.2, 0) is 0 Å². The van der Waals surface area contributed by atoms with Gasteiger partial charge < -0.3 is 0 Å². The van der Waals surface area contributed by atoms with Crippen molar-refractivity contribution in [2.75, 3.05) is 23.6 Å². The Morgan fingerprint density at radius 1 is 0.833 bits per heavy atom. The molecule has 0 spiro atoms. The molecular weight excluding hydrogens is 220 g/mol. The minimum absolute atomic E-state index is 0.939. The zero-order valence-corrected chi connectivity index (χ0v) is 11.3. The highest BCUT2D eigenvalue weighted by Gasteiger charge is 2.10. The van der Waals surface area contributed by atoms with Crippen LogP contribution in [-0.4, -0.2) is 13.6 Å². The van der Waals surface area contributed by atoms with Crippen LogP contribution in [0.3, 0.4) is 0 Å². The second kappa shape index (κ2) is 5.58. The molecule has 0 aliphatic carbocycles. The van der Waals surface area contributed by atoms with Crippen molar-refractivity contribution in [3.05, 3.63) is 60.2 Å². The van der Waals surface area contributed by atoms with E-state index in [0.717, 1.165) is 6.54 Å². The zero-order chi connectivity index (χ0) is 13.0. The lowest BCUT2D eigenvalue weighted by Gasteiger charge is -2.34. The average Bonchev–Trinajstić information content (AvgIpc) is 2.42. The van der Waals surface area contributed by atoms with Crippen LogP contribution in [0.4, 0.5) is 11.4 Å². The van der Waals surface area contributed by atoms with Crippen molar-refractivity contribution >= 4 is 11.4 Å². The van der Waals surface area contributed by atoms with Gasteiger partial charge in [-0.25, -0.2) is 0 Å². The number of nitrogens with zero attached hydrogens (tertiary/aromatic N) is 2. The number of hydrogen-bond acceptors (Lipinski definition) is 2. The van der Waals surface area contributed by atoms with E-state index in [1.165, 1.54) is 16.9 Å². The van der Waals surface area contributed by atoms with Crippen LogP contribution >= 0.6 is 0 Å². The first-order valence-electron chi connectivity index (χ1n) is 6.35. The molecule has 18 heavy (non-hydrogen) atoms. The van der Waals surface area contributed by atoms with Gasteiger partial charge in [-0.3, -0.25) is 10.0 Å². The standard InChI is InChI=1S/C16H20N2/c1-4-18(16-12-10-14(2)11-13-16)17(3)15-8-6-5-7-9-15/h5-13H,4H2,1-3H3. The maximum absolute atomic E-state index is 2.26. The summed E-state index contributed by atoms with van der Waals surface area (Å²) in [5.41, 5.74) is 3.70. The lowest BCUT2D eigenvalue weighted by Crippen LogP contribution is -2.39. The molecule has 0 saturated heterocycles. The fourth-order valence-electron chi connectivity index (χ4n) is 2.07. The van der Waals surface area contributed by atoms with Crippen molar-refractivity contribution in [1.29, 1.82) is 0 Å². The maximum Gasteiger partial charge on any atom is 0.0574 e. The predicted molar refractivity (Wildman–Crippen MR) is 79.0 cm³/mol. The van der Waals surface area contributed by atoms with Crippen LogP contribution < -0.4 is 10.0 Å². The molecule has 2 heteroatoms. The molecule has 0 atom stereocenters. The van der Waals surface area contributed by atoms with Crippen molar-refractivity contribution in [3.8, 4) is 0 Å². The van der Waals surface area contributed by atoms with E-state index in [2.05, 4.69) is 79.4 Å². The first-order chi connectivity index (χ1) is 8.72. The lowest BCUT2D eigenvalue weighted by molar-refractivity contribution is 0.810. The van der Waals surface area contributed by atoms with E-state index in [-0.39, 0.29) is 0 Å². The Hall–Kier alpha value is -1.96. The Morgan fingerprint density at radius 2 is 1.44 bits per heavy atom. The van der Waals surface area contributed by atoms with Gasteiger partial charge in [-0.15, -0.1) is 0 Å². The van der Waals surface area contributed by atoms with Gasteiger partial charge in [-0.2, -0.15) is 0 Å². The molecule has 2 nitrogen and oxygen atoms in total. The molecular formula is C16H20N2. The number of aryl methyl sites for hydroxylation is 1. The van der Waals surface area contributed by atoms with Crippen LogP contribution in [0.15, 0.2) is 54.6 Å². The van der Waals surface area contributed by atoms with Gasteiger partial charge in [-0.1, -0.05) is 35.9 Å². The van der Waals surface area contributed by atoms with Crippen molar-refractivity contribution < 1.29 is 0 Å². The Labute approximate surface area is 109 Å². The van der Waals surface area contributed by atoms with Crippen LogP contribution in [0.5, 0.6) is 0 Å². The summed E-state index contributed by atoms with van der Waals surface area (Å²) in [6.07, 6.45) is 0. The van der Waals surface area contributed by atoms with Gasteiger partial charge in [0.2, 0.25) is 0 Å². The van der Waals surface area contributed by atoms with Crippen LogP contribution in [0.2, 0.25) is 0 Å². The number of anilines is 2. The van der Waals surface area contributed by atoms with E-state index < -0.39 is 0 Å². The summed E-state index contributed by atoms with van der Waals surface area (Å²) in [4.78, 5) is 0. The topological polar surface area (TPSA) is 6.48 Å². The predicted octanol–water partition coefficient (Wildman–Crippen LogP) is 3.87. The second-order valence-corrected chi connectivity index (χ2v) is 4.41. The number of hydrogen-bond donors (Lipinski definition) is 0. The van der Waals surface area contributed by atoms with Crippen LogP contribution in [0.1, 0.15) is 12.5 Å². The Kier molecular flexibility index (Phi) is 3.88. The summed E-state index contributed by atoms with van der Waals surface area (Å²) in [6.45, 7) is 5.22. The molecule has 2 rings (SSSR count). The molecule has 0 amide bonds. The monoisotopic (exact) mass is 240 g/mol. The van der Waals surface area contributed by atoms with E-state index in [1.807, 2.05) is 6.07 Å². The molecule has 0 bridgehead atoms. The normalized spacial score (nSPS) is 10.2. The number of benzene rings is 2. The van der Waals surface area contributed by atoms with Gasteiger partial charge >= 0.3 is 0 Å². The molecule has 2 aromatic rings. The van der Waals surface area contributed by atoms with Crippen LogP contribution in [0.25, 0.3) is 0 Å². The summed E-state index contributed by atoms with van der Waals surface area (Å²) in [6, 6.07) is 19.0. The highest BCUT2D eigenvalue weighted by Crippen LogP contribution is 2.21. The third kappa shape index (κ3) is 2.65. The molecule has 0 aliphatic rings. The van der Waals surface area contributed by atoms with Crippen molar-refractivity contribution in [2.24, 2.45) is 0 Å². The SMILES string of the molecule is CCN(c1ccc(C)cc1)N(C)c1ccccc1. The second-order valence-electron chi connectivity index (χ2n) is 4.41. The number of hydrazine groups is 1. The van der Waals surface area contributed by atoms with E-state index in [1.54, 1.807) is 0 Å². The third-order valence-corrected chi connectivity index (χ3v) is 3.12. The summed E-state index contributed by atoms with van der Waals surface area (Å²) < 4.78 is 0. The molecule has 0 N–H and O–H groups in total. The van der Waals surface area contributed by atoms with Gasteiger partial charge in [-0.05, 0) is 38.1 Å². The number of para-hydroxylation sites is 1. The van der Waals surface area contributed by atoms with Gasteiger partial charge in [0.25, 0.3) is 0 Å². The van der Waals surface area contributed by atoms with Gasteiger partial charge in [0.1, 0.15) is 0 Å². The van der Waals surface area contributed by atoms with Crippen molar-refractivity contribution in [2.45, 2.75) is 13.8 Å². The van der Waals surface area contributed by atoms with E-state index in [0.29, 0.717) is 0 Å². The Balaban J connectivity index is 2.26. The van der Waals surface area contributed by atoms with Gasteiger partial charge in [0, 0.05) is 13.6 Å². The molecule has 0 radical (unpaired) electrons. The summed E-state index contributed by atoms with van der Waals surface area (Å²) >= 11 is 0. The van der Waals surface area contributed by atoms with E-state index >= 15 is 0 Å². The van der Waals surface area contributed by atoms with Gasteiger partial charge in [0.05, 0.1) is 11.4 Å². The van der Waals surface area contributed by atoms with E-state index in [9.17, 15) is 0 Å². The van der Waals surface area contributed by atoms with Gasteiger partial charge in [0.15, 0.2) is 0 Å².